The molecule has 1 aliphatic rings. The third-order valence-electron chi connectivity index (χ3n) is 6.70. The highest BCUT2D eigenvalue weighted by Crippen LogP contribution is 2.32. The minimum Gasteiger partial charge on any atom is -0.480 e. The molecule has 4 rings (SSSR count). The van der Waals surface area contributed by atoms with Gasteiger partial charge in [-0.25, -0.2) is 9.48 Å². The molecule has 1 heterocycles. The third kappa shape index (κ3) is 6.00. The van der Waals surface area contributed by atoms with E-state index in [0.717, 1.165) is 54.5 Å². The molecule has 2 aromatic carbocycles. The molecule has 1 aliphatic carbocycles. The number of hydrogen-bond acceptors (Lipinski definition) is 4. The van der Waals surface area contributed by atoms with E-state index in [2.05, 4.69) is 31.2 Å². The predicted octanol–water partition coefficient (Wildman–Crippen LogP) is 5.05. The number of carboxylic acid groups (broad SMARTS) is 1. The Morgan fingerprint density at radius 1 is 1.00 bits per heavy atom. The van der Waals surface area contributed by atoms with E-state index >= 15 is 0 Å². The van der Waals surface area contributed by atoms with Crippen LogP contribution in [0.1, 0.15) is 38.2 Å². The summed E-state index contributed by atoms with van der Waals surface area (Å²) < 4.78 is 6.90. The van der Waals surface area contributed by atoms with E-state index < -0.39 is 5.97 Å². The molecule has 0 amide bonds. The first-order valence-corrected chi connectivity index (χ1v) is 12.1. The maximum atomic E-state index is 13.1. The summed E-state index contributed by atoms with van der Waals surface area (Å²) in [6, 6.07) is 20.1. The molecule has 34 heavy (non-hydrogen) atoms. The van der Waals surface area contributed by atoms with E-state index in [1.807, 2.05) is 30.3 Å². The van der Waals surface area contributed by atoms with E-state index in [9.17, 15) is 9.59 Å². The third-order valence-corrected chi connectivity index (χ3v) is 6.70. The Hall–Kier alpha value is -3.25. The van der Waals surface area contributed by atoms with Crippen LogP contribution in [0.2, 0.25) is 0 Å². The van der Waals surface area contributed by atoms with Crippen LogP contribution < -0.4 is 5.56 Å². The lowest BCUT2D eigenvalue weighted by molar-refractivity contribution is -0.142. The average Bonchev–Trinajstić information content (AvgIpc) is 2.86. The summed E-state index contributed by atoms with van der Waals surface area (Å²) in [6.07, 6.45) is 4.90. The maximum absolute atomic E-state index is 13.1. The first-order valence-electron chi connectivity index (χ1n) is 12.1. The molecule has 1 N–H and O–H groups in total. The molecule has 0 radical (unpaired) electrons. The van der Waals surface area contributed by atoms with Gasteiger partial charge >= 0.3 is 5.97 Å². The van der Waals surface area contributed by atoms with Gasteiger partial charge in [-0.2, -0.15) is 5.10 Å². The van der Waals surface area contributed by atoms with Crippen molar-refractivity contribution in [2.24, 2.45) is 11.8 Å². The van der Waals surface area contributed by atoms with Crippen molar-refractivity contribution in [3.8, 4) is 22.4 Å². The molecule has 0 spiro atoms. The van der Waals surface area contributed by atoms with Crippen LogP contribution in [0, 0.1) is 11.8 Å². The van der Waals surface area contributed by atoms with E-state index in [0.29, 0.717) is 25.0 Å². The Morgan fingerprint density at radius 3 is 2.32 bits per heavy atom. The van der Waals surface area contributed by atoms with Gasteiger partial charge in [-0.05, 0) is 55.1 Å². The molecule has 1 saturated carbocycles. The molecule has 0 unspecified atom stereocenters. The Bertz CT molecular complexity index is 1150. The number of carboxylic acids is 1. The minimum atomic E-state index is -0.932. The van der Waals surface area contributed by atoms with Crippen LogP contribution in [0.3, 0.4) is 0 Å². The monoisotopic (exact) mass is 460 g/mol. The van der Waals surface area contributed by atoms with Crippen LogP contribution >= 0.6 is 0 Å². The molecule has 0 aliphatic heterocycles. The summed E-state index contributed by atoms with van der Waals surface area (Å²) in [5.74, 6) is -0.176. The van der Waals surface area contributed by atoms with Gasteiger partial charge in [0.25, 0.3) is 5.56 Å². The summed E-state index contributed by atoms with van der Waals surface area (Å²) in [7, 11) is 0. The van der Waals surface area contributed by atoms with Gasteiger partial charge in [0.05, 0.1) is 12.3 Å². The highest BCUT2D eigenvalue weighted by molar-refractivity contribution is 5.80. The number of aryl methyl sites for hydroxylation is 1. The highest BCUT2D eigenvalue weighted by Gasteiger charge is 2.23. The van der Waals surface area contributed by atoms with Crippen LogP contribution in [-0.4, -0.2) is 34.1 Å². The second kappa shape index (κ2) is 11.3. The van der Waals surface area contributed by atoms with Gasteiger partial charge < -0.3 is 9.84 Å². The van der Waals surface area contributed by atoms with Gasteiger partial charge in [-0.1, -0.05) is 61.5 Å². The second-order valence-electron chi connectivity index (χ2n) is 9.14. The quantitative estimate of drug-likeness (QED) is 0.483. The van der Waals surface area contributed by atoms with Crippen LogP contribution in [0.25, 0.3) is 22.4 Å². The van der Waals surface area contributed by atoms with Gasteiger partial charge in [0.2, 0.25) is 0 Å². The fraction of sp³-hybridized carbons (Fsp3) is 0.393. The number of ether oxygens (including phenoxy) is 1. The fourth-order valence-electron chi connectivity index (χ4n) is 4.71. The molecule has 0 atom stereocenters. The topological polar surface area (TPSA) is 81.4 Å². The molecule has 6 nitrogen and oxygen atoms in total. The fourth-order valence-corrected chi connectivity index (χ4v) is 4.71. The first kappa shape index (κ1) is 23.9. The minimum absolute atomic E-state index is 0.0836. The molecule has 1 aromatic heterocycles. The number of aromatic nitrogens is 2. The SMILES string of the molecule is CCc1ccc(-c2nn(CC3CCC(COCC(=O)O)CC3)c(=O)cc2-c2ccccc2)cc1. The molecule has 3 aromatic rings. The zero-order valence-electron chi connectivity index (χ0n) is 19.7. The van der Waals surface area contributed by atoms with Gasteiger partial charge in [0, 0.05) is 23.7 Å². The van der Waals surface area contributed by atoms with Crippen molar-refractivity contribution in [3.63, 3.8) is 0 Å². The van der Waals surface area contributed by atoms with Gasteiger partial charge in [-0.15, -0.1) is 0 Å². The zero-order chi connectivity index (χ0) is 23.9. The molecular weight excluding hydrogens is 428 g/mol. The molecule has 0 bridgehead atoms. The maximum Gasteiger partial charge on any atom is 0.329 e. The van der Waals surface area contributed by atoms with Crippen LogP contribution in [-0.2, 0) is 22.5 Å². The zero-order valence-corrected chi connectivity index (χ0v) is 19.7. The molecule has 178 valence electrons. The van der Waals surface area contributed by atoms with Crippen molar-refractivity contribution in [2.75, 3.05) is 13.2 Å². The Labute approximate surface area is 200 Å². The van der Waals surface area contributed by atoms with Crippen LogP contribution in [0.15, 0.2) is 65.5 Å². The Balaban J connectivity index is 1.54. The smallest absolute Gasteiger partial charge is 0.329 e. The van der Waals surface area contributed by atoms with Gasteiger partial charge in [0.15, 0.2) is 0 Å². The number of benzene rings is 2. The lowest BCUT2D eigenvalue weighted by Gasteiger charge is -2.28. The molecule has 6 heteroatoms. The standard InChI is InChI=1S/C28H32N2O4/c1-2-20-12-14-24(15-13-20)28-25(23-6-4-3-5-7-23)16-26(31)30(29-28)17-21-8-10-22(11-9-21)18-34-19-27(32)33/h3-7,12-16,21-22H,2,8-11,17-19H2,1H3,(H,32,33). The first-order chi connectivity index (χ1) is 16.5. The summed E-state index contributed by atoms with van der Waals surface area (Å²) in [5.41, 5.74) is 4.84. The van der Waals surface area contributed by atoms with Crippen LogP contribution in [0.4, 0.5) is 0 Å². The molecule has 1 fully saturated rings. The molecule has 0 saturated heterocycles. The number of carbonyl (C=O) groups is 1. The van der Waals surface area contributed by atoms with Crippen molar-refractivity contribution in [1.82, 2.24) is 9.78 Å². The van der Waals surface area contributed by atoms with E-state index in [4.69, 9.17) is 14.9 Å². The summed E-state index contributed by atoms with van der Waals surface area (Å²) >= 11 is 0. The van der Waals surface area contributed by atoms with Crippen LogP contribution in [0.5, 0.6) is 0 Å². The average molecular weight is 461 g/mol. The summed E-state index contributed by atoms with van der Waals surface area (Å²) in [5, 5.41) is 13.6. The Morgan fingerprint density at radius 2 is 1.68 bits per heavy atom. The van der Waals surface area contributed by atoms with Gasteiger partial charge in [0.1, 0.15) is 6.61 Å². The second-order valence-corrected chi connectivity index (χ2v) is 9.14. The lowest BCUT2D eigenvalue weighted by Crippen LogP contribution is -2.29. The van der Waals surface area contributed by atoms with Crippen molar-refractivity contribution >= 4 is 5.97 Å². The lowest BCUT2D eigenvalue weighted by atomic mass is 9.82. The normalized spacial score (nSPS) is 18.0. The predicted molar refractivity (Wildman–Crippen MR) is 133 cm³/mol. The largest absolute Gasteiger partial charge is 0.480 e. The van der Waals surface area contributed by atoms with Crippen molar-refractivity contribution < 1.29 is 14.6 Å². The van der Waals surface area contributed by atoms with Crippen molar-refractivity contribution in [3.05, 3.63) is 76.6 Å². The number of rotatable bonds is 9. The van der Waals surface area contributed by atoms with Gasteiger partial charge in [-0.3, -0.25) is 4.79 Å². The highest BCUT2D eigenvalue weighted by atomic mass is 16.5. The number of aliphatic carboxylic acids is 1. The van der Waals surface area contributed by atoms with E-state index in [1.165, 1.54) is 5.56 Å². The number of nitrogens with zero attached hydrogens (tertiary/aromatic N) is 2. The molecular formula is C28H32N2O4. The Kier molecular flexibility index (Phi) is 7.91. The number of hydrogen-bond donors (Lipinski definition) is 1. The van der Waals surface area contributed by atoms with E-state index in [1.54, 1.807) is 10.7 Å². The van der Waals surface area contributed by atoms with E-state index in [-0.39, 0.29) is 12.2 Å². The summed E-state index contributed by atoms with van der Waals surface area (Å²) in [6.45, 7) is 2.97. The summed E-state index contributed by atoms with van der Waals surface area (Å²) in [4.78, 5) is 23.7. The van der Waals surface area contributed by atoms with Crippen molar-refractivity contribution in [1.29, 1.82) is 0 Å². The van der Waals surface area contributed by atoms with Crippen molar-refractivity contribution in [2.45, 2.75) is 45.6 Å².